The van der Waals surface area contributed by atoms with Gasteiger partial charge in [0.05, 0.1) is 12.8 Å². The summed E-state index contributed by atoms with van der Waals surface area (Å²) in [4.78, 5) is 30.5. The van der Waals surface area contributed by atoms with Crippen LogP contribution >= 0.6 is 0 Å². The summed E-state index contributed by atoms with van der Waals surface area (Å²) in [5, 5.41) is 33.8. The second kappa shape index (κ2) is 16.3. The summed E-state index contributed by atoms with van der Waals surface area (Å²) in [5.41, 5.74) is -2.74. The number of aliphatic hydroxyl groups is 1. The van der Waals surface area contributed by atoms with Gasteiger partial charge in [-0.05, 0) is 0 Å². The van der Waals surface area contributed by atoms with Crippen LogP contribution in [0.5, 0.6) is 0 Å². The molecule has 0 aliphatic rings. The van der Waals surface area contributed by atoms with E-state index in [1.165, 1.54) is 0 Å². The van der Waals surface area contributed by atoms with Gasteiger partial charge < -0.3 is 31.4 Å². The first-order chi connectivity index (χ1) is 7.78. The van der Waals surface area contributed by atoms with Gasteiger partial charge in [-0.1, -0.05) is 0 Å². The summed E-state index contributed by atoms with van der Waals surface area (Å²) >= 11 is 0. The molecule has 0 saturated carbocycles. The van der Waals surface area contributed by atoms with E-state index in [1.54, 1.807) is 0 Å². The third kappa shape index (κ3) is 28.6. The number of carboxylic acids is 3. The molecule has 0 aliphatic heterocycles. The Labute approximate surface area is 175 Å². The van der Waals surface area contributed by atoms with E-state index in [2.05, 4.69) is 0 Å². The minimum atomic E-state index is -4.67. The van der Waals surface area contributed by atoms with E-state index < -0.39 is 46.7 Å². The number of carboxylic acid groups (broad SMARTS) is 3. The molecule has 0 aliphatic carbocycles. The Morgan fingerprint density at radius 1 is 0.864 bits per heavy atom. The standard InChI is InChI=1S/C6H8O7.Ca.Na.H2O4S.2H2O.3H/c7-3(8)1-6(13,5(11)12)2-4(9)10;;;1-5(2,3)4;;;;;/h13H,1-2H2,(H,7,8)(H,9,10)(H,11,12);;;(H2,1,2,3,4);2*1H2;;;. The monoisotopic (exact) mass is 392 g/mol. The van der Waals surface area contributed by atoms with Crippen molar-refractivity contribution in [2.75, 3.05) is 0 Å². The van der Waals surface area contributed by atoms with E-state index in [-0.39, 0.29) is 78.2 Å². The number of rotatable bonds is 5. The van der Waals surface area contributed by atoms with E-state index in [4.69, 9.17) is 37.9 Å². The average molecular weight is 392 g/mol. The molecule has 16 heteroatoms. The van der Waals surface area contributed by atoms with Crippen molar-refractivity contribution >= 4 is 95.6 Å². The molecule has 0 heterocycles. The Morgan fingerprint density at radius 3 is 1.14 bits per heavy atom. The van der Waals surface area contributed by atoms with Crippen molar-refractivity contribution < 1.29 is 63.3 Å². The first-order valence-corrected chi connectivity index (χ1v) is 5.27. The second-order valence-corrected chi connectivity index (χ2v) is 3.82. The molecule has 0 aromatic heterocycles. The minimum absolute atomic E-state index is 0. The van der Waals surface area contributed by atoms with E-state index in [1.807, 2.05) is 0 Å². The van der Waals surface area contributed by atoms with Gasteiger partial charge in [-0.3, -0.25) is 18.7 Å². The number of aliphatic carboxylic acids is 3. The van der Waals surface area contributed by atoms with Crippen LogP contribution in [0, 0.1) is 0 Å². The first kappa shape index (κ1) is 38.2. The summed E-state index contributed by atoms with van der Waals surface area (Å²) in [6, 6.07) is 0. The van der Waals surface area contributed by atoms with Crippen LogP contribution in [-0.2, 0) is 24.8 Å². The van der Waals surface area contributed by atoms with Crippen LogP contribution in [0.3, 0.4) is 0 Å². The zero-order chi connectivity index (χ0) is 15.1. The SMILES string of the molecule is O.O.O=C(O)CC(O)(CC(=O)O)C(=O)O.O=S(=O)(O)O.[CaH2].[NaH]. The summed E-state index contributed by atoms with van der Waals surface area (Å²) in [6.07, 6.45) is -2.29. The van der Waals surface area contributed by atoms with E-state index in [0.717, 1.165) is 0 Å². The maximum atomic E-state index is 10.3. The van der Waals surface area contributed by atoms with E-state index in [0.29, 0.717) is 0 Å². The Hall–Kier alpha value is 0.420. The zero-order valence-corrected chi connectivity index (χ0v) is 10.4. The van der Waals surface area contributed by atoms with Crippen LogP contribution in [0.2, 0.25) is 0 Å². The maximum absolute atomic E-state index is 10.3. The van der Waals surface area contributed by atoms with E-state index in [9.17, 15) is 14.4 Å². The molecule has 0 spiro atoms. The van der Waals surface area contributed by atoms with Crippen molar-refractivity contribution in [2.45, 2.75) is 18.4 Å². The molecule has 0 aromatic carbocycles. The Bertz CT molecular complexity index is 410. The van der Waals surface area contributed by atoms with Crippen LogP contribution in [0.15, 0.2) is 0 Å². The second-order valence-electron chi connectivity index (χ2n) is 2.93. The van der Waals surface area contributed by atoms with Gasteiger partial charge in [0.1, 0.15) is 0 Å². The van der Waals surface area contributed by atoms with Crippen LogP contribution in [0.4, 0.5) is 0 Å². The first-order valence-electron chi connectivity index (χ1n) is 3.87. The average Bonchev–Trinajstić information content (AvgIpc) is 1.95. The van der Waals surface area contributed by atoms with E-state index >= 15 is 0 Å². The molecule has 0 atom stereocenters. The van der Waals surface area contributed by atoms with Gasteiger partial charge in [-0.2, -0.15) is 8.42 Å². The third-order valence-corrected chi connectivity index (χ3v) is 1.29. The molecule has 13 nitrogen and oxygen atoms in total. The molecule has 0 amide bonds. The van der Waals surface area contributed by atoms with Gasteiger partial charge in [-0.15, -0.1) is 0 Å². The van der Waals surface area contributed by atoms with Crippen LogP contribution in [-0.4, -0.2) is 140 Å². The fourth-order valence-corrected chi connectivity index (χ4v) is 0.714. The number of carbonyl (C=O) groups is 3. The molecule has 0 unspecified atom stereocenters. The fraction of sp³-hybridized carbons (Fsp3) is 0.500. The molecule has 0 rings (SSSR count). The summed E-state index contributed by atoms with van der Waals surface area (Å²) in [7, 11) is -4.67. The molecule has 0 fully saturated rings. The van der Waals surface area contributed by atoms with Crippen LogP contribution in [0.1, 0.15) is 12.8 Å². The Kier molecular flexibility index (Phi) is 28.2. The van der Waals surface area contributed by atoms with Crippen LogP contribution < -0.4 is 0 Å². The van der Waals surface area contributed by atoms with Gasteiger partial charge in [0.2, 0.25) is 0 Å². The predicted octanol–water partition coefficient (Wildman–Crippen LogP) is -5.12. The summed E-state index contributed by atoms with van der Waals surface area (Å²) in [6.45, 7) is 0. The molecule has 128 valence electrons. The van der Waals surface area contributed by atoms with Crippen LogP contribution in [0.25, 0.3) is 0 Å². The molecule has 10 N–H and O–H groups in total. The fourth-order valence-electron chi connectivity index (χ4n) is 0.714. The molecule has 0 radical (unpaired) electrons. The summed E-state index contributed by atoms with van der Waals surface area (Å²) in [5.74, 6) is -5.02. The van der Waals surface area contributed by atoms with Crippen molar-refractivity contribution in [3.63, 3.8) is 0 Å². The van der Waals surface area contributed by atoms with Gasteiger partial charge >= 0.3 is 95.6 Å². The van der Waals surface area contributed by atoms with Crippen molar-refractivity contribution in [3.8, 4) is 0 Å². The Balaban J connectivity index is -0.0000000627. The zero-order valence-electron chi connectivity index (χ0n) is 9.55. The molecule has 0 saturated heterocycles. The molecular weight excluding hydrogens is 375 g/mol. The van der Waals surface area contributed by atoms with Crippen molar-refractivity contribution in [1.82, 2.24) is 0 Å². The van der Waals surface area contributed by atoms with Crippen molar-refractivity contribution in [1.29, 1.82) is 0 Å². The molecule has 22 heavy (non-hydrogen) atoms. The molecular formula is C6H17CaNaO13S. The summed E-state index contributed by atoms with van der Waals surface area (Å²) < 4.78 is 31.6. The van der Waals surface area contributed by atoms with Gasteiger partial charge in [0, 0.05) is 0 Å². The third-order valence-electron chi connectivity index (χ3n) is 1.29. The number of hydrogen-bond acceptors (Lipinski definition) is 6. The molecule has 0 bridgehead atoms. The predicted molar refractivity (Wildman–Crippen MR) is 74.2 cm³/mol. The molecule has 0 aromatic rings. The van der Waals surface area contributed by atoms with Crippen molar-refractivity contribution in [3.05, 3.63) is 0 Å². The van der Waals surface area contributed by atoms with Gasteiger partial charge in [0.25, 0.3) is 0 Å². The van der Waals surface area contributed by atoms with Crippen molar-refractivity contribution in [2.24, 2.45) is 0 Å². The van der Waals surface area contributed by atoms with Gasteiger partial charge in [-0.25, -0.2) is 4.79 Å². The Morgan fingerprint density at radius 2 is 1.05 bits per heavy atom. The normalized spacial score (nSPS) is 9.05. The van der Waals surface area contributed by atoms with Gasteiger partial charge in [0.15, 0.2) is 5.60 Å². The topological polar surface area (TPSA) is 270 Å². The number of hydrogen-bond donors (Lipinski definition) is 6. The quantitative estimate of drug-likeness (QED) is 0.190.